The van der Waals surface area contributed by atoms with E-state index in [1.54, 1.807) is 12.1 Å². The summed E-state index contributed by atoms with van der Waals surface area (Å²) < 4.78 is 29.0. The van der Waals surface area contributed by atoms with E-state index in [-0.39, 0.29) is 29.0 Å². The van der Waals surface area contributed by atoms with Gasteiger partial charge >= 0.3 is 0 Å². The summed E-state index contributed by atoms with van der Waals surface area (Å²) in [6.45, 7) is 9.08. The predicted octanol–water partition coefficient (Wildman–Crippen LogP) is 7.25. The Morgan fingerprint density at radius 2 is 1.61 bits per heavy atom. The fourth-order valence-electron chi connectivity index (χ4n) is 6.03. The Bertz CT molecular complexity index is 1050. The SMILES string of the molecule is C=CCC(F)(F)[C@@](C)(O)c1ccc(C(=O)N(C2CC2)C2CCC(c3ccccc3)(C(C)C)CC2)cc1. The van der Waals surface area contributed by atoms with E-state index in [0.29, 0.717) is 11.5 Å². The van der Waals surface area contributed by atoms with Gasteiger partial charge in [0.1, 0.15) is 0 Å². The molecule has 0 bridgehead atoms. The quantitative estimate of drug-likeness (QED) is 0.372. The number of amides is 1. The summed E-state index contributed by atoms with van der Waals surface area (Å²) in [5.74, 6) is -2.89. The van der Waals surface area contributed by atoms with Crippen molar-refractivity contribution in [3.63, 3.8) is 0 Å². The highest BCUT2D eigenvalue weighted by Gasteiger charge is 2.49. The molecule has 5 heteroatoms. The summed E-state index contributed by atoms with van der Waals surface area (Å²) in [6.07, 6.45) is 6.49. The lowest BCUT2D eigenvalue weighted by Gasteiger charge is -2.46. The van der Waals surface area contributed by atoms with Gasteiger partial charge in [0.15, 0.2) is 5.60 Å². The molecule has 1 N–H and O–H groups in total. The van der Waals surface area contributed by atoms with E-state index in [4.69, 9.17) is 0 Å². The van der Waals surface area contributed by atoms with Gasteiger partial charge in [-0.2, -0.15) is 0 Å². The van der Waals surface area contributed by atoms with Gasteiger partial charge in [0.2, 0.25) is 0 Å². The minimum atomic E-state index is -3.36. The van der Waals surface area contributed by atoms with Crippen molar-refractivity contribution in [3.05, 3.63) is 83.9 Å². The van der Waals surface area contributed by atoms with Crippen LogP contribution in [-0.4, -0.2) is 33.9 Å². The Kier molecular flexibility index (Phi) is 7.43. The van der Waals surface area contributed by atoms with Crippen molar-refractivity contribution >= 4 is 5.91 Å². The largest absolute Gasteiger partial charge is 0.379 e. The van der Waals surface area contributed by atoms with Gasteiger partial charge in [0.05, 0.1) is 0 Å². The van der Waals surface area contributed by atoms with Crippen LogP contribution in [0.1, 0.15) is 87.2 Å². The minimum Gasteiger partial charge on any atom is -0.379 e. The van der Waals surface area contributed by atoms with Crippen molar-refractivity contribution in [2.24, 2.45) is 5.92 Å². The molecule has 1 atom stereocenters. The number of aliphatic hydroxyl groups is 1. The molecule has 2 fully saturated rings. The number of alkyl halides is 2. The Labute approximate surface area is 214 Å². The van der Waals surface area contributed by atoms with Crippen LogP contribution >= 0.6 is 0 Å². The van der Waals surface area contributed by atoms with Gasteiger partial charge in [-0.3, -0.25) is 4.79 Å². The molecule has 0 saturated heterocycles. The van der Waals surface area contributed by atoms with Crippen molar-refractivity contribution in [1.29, 1.82) is 0 Å². The van der Waals surface area contributed by atoms with Gasteiger partial charge in [0, 0.05) is 24.1 Å². The van der Waals surface area contributed by atoms with Crippen LogP contribution in [0.5, 0.6) is 0 Å². The molecule has 0 aliphatic heterocycles. The lowest BCUT2D eigenvalue weighted by molar-refractivity contribution is -0.175. The molecule has 2 aliphatic rings. The van der Waals surface area contributed by atoms with Crippen LogP contribution in [0.25, 0.3) is 0 Å². The summed E-state index contributed by atoms with van der Waals surface area (Å²) in [6, 6.07) is 17.3. The van der Waals surface area contributed by atoms with Gasteiger partial charge in [-0.25, -0.2) is 8.78 Å². The second-order valence-electron chi connectivity index (χ2n) is 11.2. The maximum absolute atomic E-state index is 14.5. The number of hydrogen-bond donors (Lipinski definition) is 1. The number of allylic oxidation sites excluding steroid dienone is 1. The second-order valence-corrected chi connectivity index (χ2v) is 11.2. The summed E-state index contributed by atoms with van der Waals surface area (Å²) >= 11 is 0. The molecule has 0 aromatic heterocycles. The highest BCUT2D eigenvalue weighted by molar-refractivity contribution is 5.95. The summed E-state index contributed by atoms with van der Waals surface area (Å²) in [4.78, 5) is 15.7. The second kappa shape index (κ2) is 10.1. The Morgan fingerprint density at radius 1 is 1.06 bits per heavy atom. The molecule has 36 heavy (non-hydrogen) atoms. The van der Waals surface area contributed by atoms with Crippen LogP contribution in [0.4, 0.5) is 8.78 Å². The molecule has 2 saturated carbocycles. The molecule has 2 aromatic rings. The monoisotopic (exact) mass is 495 g/mol. The van der Waals surface area contributed by atoms with E-state index in [1.165, 1.54) is 17.7 Å². The van der Waals surface area contributed by atoms with Gasteiger partial charge in [-0.1, -0.05) is 62.4 Å². The summed E-state index contributed by atoms with van der Waals surface area (Å²) in [5, 5.41) is 10.6. The van der Waals surface area contributed by atoms with E-state index in [2.05, 4.69) is 55.7 Å². The van der Waals surface area contributed by atoms with Crippen LogP contribution in [-0.2, 0) is 11.0 Å². The smallest absolute Gasteiger partial charge is 0.283 e. The predicted molar refractivity (Wildman–Crippen MR) is 140 cm³/mol. The normalized spacial score (nSPS) is 24.2. The van der Waals surface area contributed by atoms with E-state index < -0.39 is 17.9 Å². The zero-order chi connectivity index (χ0) is 26.1. The van der Waals surface area contributed by atoms with Crippen LogP contribution in [0.15, 0.2) is 67.3 Å². The third-order valence-electron chi connectivity index (χ3n) is 8.68. The average Bonchev–Trinajstić information content (AvgIpc) is 3.70. The first-order chi connectivity index (χ1) is 17.0. The van der Waals surface area contributed by atoms with Gasteiger partial charge in [-0.15, -0.1) is 6.58 Å². The molecule has 3 nitrogen and oxygen atoms in total. The van der Waals surface area contributed by atoms with Crippen molar-refractivity contribution in [1.82, 2.24) is 4.90 Å². The zero-order valence-corrected chi connectivity index (χ0v) is 21.7. The van der Waals surface area contributed by atoms with Crippen LogP contribution < -0.4 is 0 Å². The van der Waals surface area contributed by atoms with Crippen molar-refractivity contribution in [2.45, 2.75) is 94.7 Å². The van der Waals surface area contributed by atoms with E-state index in [9.17, 15) is 18.7 Å². The lowest BCUT2D eigenvalue weighted by atomic mass is 9.62. The fraction of sp³-hybridized carbons (Fsp3) is 0.516. The maximum Gasteiger partial charge on any atom is 0.283 e. The molecule has 1 amide bonds. The number of nitrogens with zero attached hydrogens (tertiary/aromatic N) is 1. The number of hydrogen-bond acceptors (Lipinski definition) is 2. The van der Waals surface area contributed by atoms with Crippen LogP contribution in [0.2, 0.25) is 0 Å². The first-order valence-corrected chi connectivity index (χ1v) is 13.2. The summed E-state index contributed by atoms with van der Waals surface area (Å²) in [5.41, 5.74) is -0.262. The highest BCUT2D eigenvalue weighted by Crippen LogP contribution is 2.47. The summed E-state index contributed by atoms with van der Waals surface area (Å²) in [7, 11) is 0. The molecular formula is C31H39F2NO2. The van der Waals surface area contributed by atoms with E-state index in [0.717, 1.165) is 51.5 Å². The number of rotatable bonds is 9. The standard InChI is InChI=1S/C31H39F2NO2/c1-5-19-31(32,33)29(4,36)24-13-11-23(12-14-24)28(35)34(26-15-16-26)27-17-20-30(21-18-27,22(2)3)25-9-7-6-8-10-25/h5-14,22,26-27,36H,1,15-21H2,2-4H3/t27?,29-,30?/m0/s1. The number of carbonyl (C=O) groups excluding carboxylic acids is 1. The van der Waals surface area contributed by atoms with Crippen molar-refractivity contribution < 1.29 is 18.7 Å². The topological polar surface area (TPSA) is 40.5 Å². The van der Waals surface area contributed by atoms with Gasteiger partial charge in [-0.05, 0) is 80.0 Å². The van der Waals surface area contributed by atoms with Crippen molar-refractivity contribution in [2.75, 3.05) is 0 Å². The third-order valence-corrected chi connectivity index (χ3v) is 8.68. The molecule has 2 aliphatic carbocycles. The number of halogens is 2. The highest BCUT2D eigenvalue weighted by atomic mass is 19.3. The Balaban J connectivity index is 1.51. The average molecular weight is 496 g/mol. The number of carbonyl (C=O) groups is 1. The number of benzene rings is 2. The Morgan fingerprint density at radius 3 is 2.11 bits per heavy atom. The molecule has 4 rings (SSSR count). The molecular weight excluding hydrogens is 456 g/mol. The molecule has 194 valence electrons. The van der Waals surface area contributed by atoms with Crippen molar-refractivity contribution in [3.8, 4) is 0 Å². The lowest BCUT2D eigenvalue weighted by Crippen LogP contribution is -2.48. The fourth-order valence-corrected chi connectivity index (χ4v) is 6.03. The molecule has 0 radical (unpaired) electrons. The van der Waals surface area contributed by atoms with E-state index >= 15 is 0 Å². The molecule has 2 aromatic carbocycles. The van der Waals surface area contributed by atoms with Gasteiger partial charge < -0.3 is 10.0 Å². The first kappa shape index (κ1) is 26.5. The van der Waals surface area contributed by atoms with E-state index in [1.807, 2.05) is 0 Å². The van der Waals surface area contributed by atoms with Gasteiger partial charge in [0.25, 0.3) is 11.8 Å². The molecule has 0 heterocycles. The minimum absolute atomic E-state index is 0.0386. The maximum atomic E-state index is 14.5. The van der Waals surface area contributed by atoms with Crippen LogP contribution in [0, 0.1) is 5.92 Å². The van der Waals surface area contributed by atoms with Crippen LogP contribution in [0.3, 0.4) is 0 Å². The Hall–Kier alpha value is -2.53. The molecule has 0 unspecified atom stereocenters. The zero-order valence-electron chi connectivity index (χ0n) is 21.7. The molecule has 0 spiro atoms. The third kappa shape index (κ3) is 4.87. The first-order valence-electron chi connectivity index (χ1n) is 13.2.